The van der Waals surface area contributed by atoms with Crippen LogP contribution >= 0.6 is 0 Å². The highest BCUT2D eigenvalue weighted by Gasteiger charge is 2.15. The molecule has 0 aliphatic heterocycles. The number of anilines is 1. The zero-order valence-electron chi connectivity index (χ0n) is 11.9. The minimum absolute atomic E-state index is 0.753. The molecule has 0 aliphatic carbocycles. The molecule has 2 aromatic rings. The van der Waals surface area contributed by atoms with Crippen LogP contribution in [0.5, 0.6) is 0 Å². The topological polar surface area (TPSA) is 68.5 Å². The highest BCUT2D eigenvalue weighted by atomic mass is 15.4. The van der Waals surface area contributed by atoms with Crippen LogP contribution in [0.2, 0.25) is 0 Å². The number of hydrogen-bond acceptors (Lipinski definition) is 5. The van der Waals surface area contributed by atoms with Gasteiger partial charge in [0.05, 0.1) is 0 Å². The molecule has 0 bridgehead atoms. The Labute approximate surface area is 113 Å². The Hall–Kier alpha value is -1.98. The number of aryl methyl sites for hydroxylation is 2. The summed E-state index contributed by atoms with van der Waals surface area (Å²) in [7, 11) is 0. The van der Waals surface area contributed by atoms with Gasteiger partial charge in [-0.2, -0.15) is 4.68 Å². The van der Waals surface area contributed by atoms with Crippen LogP contribution in [-0.2, 0) is 6.42 Å². The second-order valence-corrected chi connectivity index (χ2v) is 4.42. The lowest BCUT2D eigenvalue weighted by Crippen LogP contribution is -2.11. The smallest absolute Gasteiger partial charge is 0.164 e. The van der Waals surface area contributed by atoms with Gasteiger partial charge in [0.15, 0.2) is 5.82 Å². The lowest BCUT2D eigenvalue weighted by atomic mass is 10.1. The quantitative estimate of drug-likeness (QED) is 0.891. The number of aromatic nitrogens is 5. The molecule has 0 saturated carbocycles. The Morgan fingerprint density at radius 1 is 1.21 bits per heavy atom. The zero-order valence-corrected chi connectivity index (χ0v) is 11.9. The molecule has 0 fully saturated rings. The lowest BCUT2D eigenvalue weighted by molar-refractivity contribution is 0.770. The van der Waals surface area contributed by atoms with Crippen molar-refractivity contribution in [1.29, 1.82) is 0 Å². The Kier molecular flexibility index (Phi) is 4.09. The van der Waals surface area contributed by atoms with E-state index in [1.165, 1.54) is 0 Å². The highest BCUT2D eigenvalue weighted by molar-refractivity contribution is 5.51. The Balaban J connectivity index is 2.55. The molecule has 0 spiro atoms. The fourth-order valence-electron chi connectivity index (χ4n) is 2.11. The molecule has 0 atom stereocenters. The first kappa shape index (κ1) is 13.5. The van der Waals surface area contributed by atoms with Gasteiger partial charge in [-0.05, 0) is 27.2 Å². The minimum atomic E-state index is 0.753. The third-order valence-electron chi connectivity index (χ3n) is 2.84. The van der Waals surface area contributed by atoms with Crippen molar-refractivity contribution in [1.82, 2.24) is 24.7 Å². The van der Waals surface area contributed by atoms with E-state index in [2.05, 4.69) is 39.2 Å². The van der Waals surface area contributed by atoms with E-state index in [1.807, 2.05) is 13.8 Å². The van der Waals surface area contributed by atoms with E-state index < -0.39 is 0 Å². The molecular weight excluding hydrogens is 240 g/mol. The minimum Gasteiger partial charge on any atom is -0.370 e. The second kappa shape index (κ2) is 5.77. The van der Waals surface area contributed by atoms with Gasteiger partial charge in [-0.15, -0.1) is 5.10 Å². The van der Waals surface area contributed by atoms with Crippen LogP contribution in [0.4, 0.5) is 5.82 Å². The summed E-state index contributed by atoms with van der Waals surface area (Å²) in [5.41, 5.74) is 1.10. The van der Waals surface area contributed by atoms with Crippen molar-refractivity contribution < 1.29 is 0 Å². The van der Waals surface area contributed by atoms with Gasteiger partial charge >= 0.3 is 0 Å². The summed E-state index contributed by atoms with van der Waals surface area (Å²) in [6.07, 6.45) is 3.52. The van der Waals surface area contributed by atoms with Gasteiger partial charge in [0.25, 0.3) is 0 Å². The largest absolute Gasteiger partial charge is 0.370 e. The maximum atomic E-state index is 4.41. The van der Waals surface area contributed by atoms with Gasteiger partial charge < -0.3 is 5.32 Å². The standard InChI is InChI=1S/C13H20N6/c1-5-7-11-12(14-6-2)15-8-16-13(11)19-10(4)17-9(3)18-19/h8H,5-7H2,1-4H3,(H,14,15,16). The molecule has 0 radical (unpaired) electrons. The average molecular weight is 260 g/mol. The monoisotopic (exact) mass is 260 g/mol. The highest BCUT2D eigenvalue weighted by Crippen LogP contribution is 2.21. The predicted molar refractivity (Wildman–Crippen MR) is 74.6 cm³/mol. The molecule has 0 saturated heterocycles. The second-order valence-electron chi connectivity index (χ2n) is 4.42. The number of rotatable bonds is 5. The van der Waals surface area contributed by atoms with Gasteiger partial charge in [-0.1, -0.05) is 13.3 Å². The van der Waals surface area contributed by atoms with Crippen molar-refractivity contribution in [3.63, 3.8) is 0 Å². The van der Waals surface area contributed by atoms with Crippen molar-refractivity contribution in [3.8, 4) is 5.82 Å². The molecule has 2 rings (SSSR count). The van der Waals surface area contributed by atoms with Crippen molar-refractivity contribution in [2.45, 2.75) is 40.5 Å². The normalized spacial score (nSPS) is 10.7. The van der Waals surface area contributed by atoms with Crippen LogP contribution in [0.15, 0.2) is 6.33 Å². The first-order valence-corrected chi connectivity index (χ1v) is 6.65. The van der Waals surface area contributed by atoms with E-state index in [0.717, 1.165) is 48.2 Å². The summed E-state index contributed by atoms with van der Waals surface area (Å²) in [5, 5.41) is 7.70. The lowest BCUT2D eigenvalue weighted by Gasteiger charge is -2.13. The van der Waals surface area contributed by atoms with Crippen LogP contribution in [0.3, 0.4) is 0 Å². The summed E-state index contributed by atoms with van der Waals surface area (Å²) in [4.78, 5) is 13.1. The van der Waals surface area contributed by atoms with Crippen LogP contribution in [0, 0.1) is 13.8 Å². The number of nitrogens with zero attached hydrogens (tertiary/aromatic N) is 5. The van der Waals surface area contributed by atoms with E-state index >= 15 is 0 Å². The van der Waals surface area contributed by atoms with Crippen molar-refractivity contribution in [2.75, 3.05) is 11.9 Å². The molecule has 1 N–H and O–H groups in total. The van der Waals surface area contributed by atoms with E-state index in [0.29, 0.717) is 0 Å². The molecule has 2 heterocycles. The first-order valence-electron chi connectivity index (χ1n) is 6.65. The van der Waals surface area contributed by atoms with E-state index in [1.54, 1.807) is 11.0 Å². The molecular formula is C13H20N6. The van der Waals surface area contributed by atoms with Gasteiger partial charge in [0.1, 0.15) is 23.8 Å². The summed E-state index contributed by atoms with van der Waals surface area (Å²) >= 11 is 0. The van der Waals surface area contributed by atoms with Crippen molar-refractivity contribution in [2.24, 2.45) is 0 Å². The van der Waals surface area contributed by atoms with Crippen molar-refractivity contribution in [3.05, 3.63) is 23.5 Å². The van der Waals surface area contributed by atoms with Crippen LogP contribution in [0.1, 0.15) is 37.5 Å². The molecule has 19 heavy (non-hydrogen) atoms. The molecule has 0 aliphatic rings. The van der Waals surface area contributed by atoms with Gasteiger partial charge in [0, 0.05) is 12.1 Å². The average Bonchev–Trinajstić information content (AvgIpc) is 2.71. The van der Waals surface area contributed by atoms with Crippen LogP contribution < -0.4 is 5.32 Å². The molecule has 0 amide bonds. The Morgan fingerprint density at radius 3 is 2.58 bits per heavy atom. The van der Waals surface area contributed by atoms with Gasteiger partial charge in [-0.25, -0.2) is 15.0 Å². The zero-order chi connectivity index (χ0) is 13.8. The molecule has 0 unspecified atom stereocenters. The van der Waals surface area contributed by atoms with E-state index in [-0.39, 0.29) is 0 Å². The maximum Gasteiger partial charge on any atom is 0.164 e. The number of nitrogens with one attached hydrogen (secondary N) is 1. The molecule has 6 heteroatoms. The maximum absolute atomic E-state index is 4.41. The van der Waals surface area contributed by atoms with Crippen LogP contribution in [-0.4, -0.2) is 31.3 Å². The Bertz CT molecular complexity index is 560. The molecule has 2 aromatic heterocycles. The summed E-state index contributed by atoms with van der Waals surface area (Å²) in [6.45, 7) is 8.86. The van der Waals surface area contributed by atoms with Crippen LogP contribution in [0.25, 0.3) is 5.82 Å². The summed E-state index contributed by atoms with van der Waals surface area (Å²) in [6, 6.07) is 0. The third-order valence-corrected chi connectivity index (χ3v) is 2.84. The fraction of sp³-hybridized carbons (Fsp3) is 0.538. The van der Waals surface area contributed by atoms with E-state index in [4.69, 9.17) is 0 Å². The predicted octanol–water partition coefficient (Wildman–Crippen LogP) is 2.06. The van der Waals surface area contributed by atoms with E-state index in [9.17, 15) is 0 Å². The number of hydrogen-bond donors (Lipinski definition) is 1. The molecule has 6 nitrogen and oxygen atoms in total. The summed E-state index contributed by atoms with van der Waals surface area (Å²) < 4.78 is 1.79. The van der Waals surface area contributed by atoms with Crippen molar-refractivity contribution >= 4 is 5.82 Å². The first-order chi connectivity index (χ1) is 9.17. The van der Waals surface area contributed by atoms with Gasteiger partial charge in [-0.3, -0.25) is 0 Å². The molecule has 0 aromatic carbocycles. The SMILES string of the molecule is CCCc1c(NCC)ncnc1-n1nc(C)nc1C. The Morgan fingerprint density at radius 2 is 2.00 bits per heavy atom. The third kappa shape index (κ3) is 2.72. The summed E-state index contributed by atoms with van der Waals surface area (Å²) in [5.74, 6) is 3.31. The molecule has 102 valence electrons. The fourth-order valence-corrected chi connectivity index (χ4v) is 2.11. The van der Waals surface area contributed by atoms with Gasteiger partial charge in [0.2, 0.25) is 0 Å².